The van der Waals surface area contributed by atoms with E-state index in [1.165, 1.54) is 0 Å². The van der Waals surface area contributed by atoms with Crippen molar-refractivity contribution < 1.29 is 14.6 Å². The van der Waals surface area contributed by atoms with E-state index >= 15 is 0 Å². The molecule has 12 heavy (non-hydrogen) atoms. The lowest BCUT2D eigenvalue weighted by atomic mass is 10.1. The Morgan fingerprint density at radius 1 is 1.42 bits per heavy atom. The van der Waals surface area contributed by atoms with Crippen LogP contribution in [-0.2, 0) is 9.53 Å². The van der Waals surface area contributed by atoms with Crippen molar-refractivity contribution in [2.45, 2.75) is 6.42 Å². The number of carbonyl (C=O) groups excluding carboxylic acids is 1. The average Bonchev–Trinajstić information content (AvgIpc) is 2.28. The van der Waals surface area contributed by atoms with Crippen molar-refractivity contribution in [2.75, 3.05) is 6.61 Å². The first-order chi connectivity index (χ1) is 5.77. The molecule has 62 valence electrons. The minimum Gasteiger partial charge on any atom is -0.512 e. The minimum absolute atomic E-state index is 0.00986. The Labute approximate surface area is 69.6 Å². The van der Waals surface area contributed by atoms with Crippen molar-refractivity contribution in [3.63, 3.8) is 0 Å². The van der Waals surface area contributed by atoms with Gasteiger partial charge >= 0.3 is 0 Å². The molecule has 1 fully saturated rings. The highest BCUT2D eigenvalue weighted by Gasteiger charge is 2.24. The van der Waals surface area contributed by atoms with Crippen molar-refractivity contribution in [3.05, 3.63) is 35.3 Å². The molecule has 0 bridgehead atoms. The molecular weight excluding hydrogens is 156 g/mol. The van der Waals surface area contributed by atoms with Crippen molar-refractivity contribution >= 4 is 5.78 Å². The summed E-state index contributed by atoms with van der Waals surface area (Å²) in [5.74, 6) is 0.814. The predicted molar refractivity (Wildman–Crippen MR) is 42.5 cm³/mol. The van der Waals surface area contributed by atoms with Gasteiger partial charge in [-0.1, -0.05) is 6.08 Å². The summed E-state index contributed by atoms with van der Waals surface area (Å²) in [5.41, 5.74) is 0.593. The SMILES string of the molecule is O=C1COC2=CC=C(O)CC=C12. The molecule has 1 N–H and O–H groups in total. The van der Waals surface area contributed by atoms with E-state index in [1.807, 2.05) is 0 Å². The molecule has 0 aromatic rings. The first-order valence-corrected chi connectivity index (χ1v) is 3.74. The first-order valence-electron chi connectivity index (χ1n) is 3.74. The fraction of sp³-hybridized carbons (Fsp3) is 0.222. The maximum Gasteiger partial charge on any atom is 0.203 e. The van der Waals surface area contributed by atoms with Gasteiger partial charge in [0, 0.05) is 6.42 Å². The van der Waals surface area contributed by atoms with Crippen LogP contribution in [0, 0.1) is 0 Å². The summed E-state index contributed by atoms with van der Waals surface area (Å²) in [6.07, 6.45) is 5.28. The Bertz CT molecular complexity index is 321. The summed E-state index contributed by atoms with van der Waals surface area (Å²) >= 11 is 0. The van der Waals surface area contributed by atoms with Crippen LogP contribution in [0.5, 0.6) is 0 Å². The molecule has 0 amide bonds. The van der Waals surface area contributed by atoms with E-state index in [9.17, 15) is 4.79 Å². The Kier molecular flexibility index (Phi) is 1.50. The standard InChI is InChI=1S/C9H8O3/c10-6-1-3-7-8(11)5-12-9(7)4-2-6/h2-4,10H,1,5H2. The van der Waals surface area contributed by atoms with E-state index in [0.29, 0.717) is 17.8 Å². The number of allylic oxidation sites excluding steroid dienone is 4. The molecule has 3 nitrogen and oxygen atoms in total. The summed E-state index contributed by atoms with van der Waals surface area (Å²) in [6, 6.07) is 0. The minimum atomic E-state index is -0.00986. The van der Waals surface area contributed by atoms with E-state index in [2.05, 4.69) is 0 Å². The zero-order valence-corrected chi connectivity index (χ0v) is 6.41. The lowest BCUT2D eigenvalue weighted by molar-refractivity contribution is -0.115. The van der Waals surface area contributed by atoms with Gasteiger partial charge < -0.3 is 9.84 Å². The van der Waals surface area contributed by atoms with Crippen LogP contribution in [0.4, 0.5) is 0 Å². The summed E-state index contributed by atoms with van der Waals surface area (Å²) in [5, 5.41) is 9.14. The van der Waals surface area contributed by atoms with Gasteiger partial charge in [0.05, 0.1) is 11.3 Å². The number of Topliss-reactive ketones (excluding diaryl/α,β-unsaturated/α-hetero) is 1. The third-order valence-corrected chi connectivity index (χ3v) is 1.87. The second-order valence-electron chi connectivity index (χ2n) is 2.72. The van der Waals surface area contributed by atoms with Crippen LogP contribution in [0.3, 0.4) is 0 Å². The molecule has 0 unspecified atom stereocenters. The number of aliphatic hydroxyl groups is 1. The summed E-state index contributed by atoms with van der Waals surface area (Å²) in [7, 11) is 0. The zero-order valence-electron chi connectivity index (χ0n) is 6.41. The van der Waals surface area contributed by atoms with Crippen LogP contribution in [0.15, 0.2) is 35.3 Å². The van der Waals surface area contributed by atoms with Gasteiger partial charge in [-0.05, 0) is 12.2 Å². The predicted octanol–water partition coefficient (Wildman–Crippen LogP) is 1.24. The van der Waals surface area contributed by atoms with Crippen LogP contribution in [-0.4, -0.2) is 17.5 Å². The molecule has 1 aliphatic carbocycles. The highest BCUT2D eigenvalue weighted by Crippen LogP contribution is 2.24. The summed E-state index contributed by atoms with van der Waals surface area (Å²) in [4.78, 5) is 11.1. The van der Waals surface area contributed by atoms with E-state index in [4.69, 9.17) is 9.84 Å². The van der Waals surface area contributed by atoms with Gasteiger partial charge in [-0.15, -0.1) is 0 Å². The fourth-order valence-electron chi connectivity index (χ4n) is 1.24. The van der Waals surface area contributed by atoms with Gasteiger partial charge in [0.2, 0.25) is 5.78 Å². The van der Waals surface area contributed by atoms with E-state index in [0.717, 1.165) is 0 Å². The number of rotatable bonds is 0. The van der Waals surface area contributed by atoms with Gasteiger partial charge in [0.15, 0.2) is 6.61 Å². The van der Waals surface area contributed by atoms with E-state index < -0.39 is 0 Å². The molecule has 3 heteroatoms. The molecule has 0 radical (unpaired) electrons. The van der Waals surface area contributed by atoms with Gasteiger partial charge in [-0.2, -0.15) is 0 Å². The first kappa shape index (κ1) is 7.16. The van der Waals surface area contributed by atoms with E-state index in [1.54, 1.807) is 18.2 Å². The highest BCUT2D eigenvalue weighted by atomic mass is 16.5. The number of carbonyl (C=O) groups is 1. The Morgan fingerprint density at radius 3 is 3.08 bits per heavy atom. The average molecular weight is 164 g/mol. The van der Waals surface area contributed by atoms with Gasteiger partial charge in [-0.25, -0.2) is 0 Å². The quantitative estimate of drug-likeness (QED) is 0.586. The maximum absolute atomic E-state index is 11.1. The zero-order chi connectivity index (χ0) is 8.55. The summed E-state index contributed by atoms with van der Waals surface area (Å²) < 4.78 is 5.09. The number of hydrogen-bond acceptors (Lipinski definition) is 3. The van der Waals surface area contributed by atoms with Crippen LogP contribution >= 0.6 is 0 Å². The Hall–Kier alpha value is -1.51. The molecule has 2 aliphatic rings. The number of fused-ring (bicyclic) bond motifs is 1. The Morgan fingerprint density at radius 2 is 2.25 bits per heavy atom. The second-order valence-corrected chi connectivity index (χ2v) is 2.72. The molecule has 0 spiro atoms. The highest BCUT2D eigenvalue weighted by molar-refractivity contribution is 6.02. The van der Waals surface area contributed by atoms with Crippen LogP contribution in [0.2, 0.25) is 0 Å². The molecular formula is C9H8O3. The lowest BCUT2D eigenvalue weighted by Crippen LogP contribution is -1.96. The molecule has 1 saturated heterocycles. The molecule has 1 aliphatic heterocycles. The fourth-order valence-corrected chi connectivity index (χ4v) is 1.24. The summed E-state index contributed by atoms with van der Waals surface area (Å²) in [6.45, 7) is 0.131. The largest absolute Gasteiger partial charge is 0.512 e. The topological polar surface area (TPSA) is 46.5 Å². The van der Waals surface area contributed by atoms with Crippen molar-refractivity contribution in [3.8, 4) is 0 Å². The van der Waals surface area contributed by atoms with Crippen LogP contribution in [0.25, 0.3) is 0 Å². The third kappa shape index (κ3) is 1.03. The maximum atomic E-state index is 11.1. The normalized spacial score (nSPS) is 21.7. The third-order valence-electron chi connectivity index (χ3n) is 1.87. The lowest BCUT2D eigenvalue weighted by Gasteiger charge is -1.92. The van der Waals surface area contributed by atoms with Crippen LogP contribution in [0.1, 0.15) is 6.42 Å². The van der Waals surface area contributed by atoms with E-state index in [-0.39, 0.29) is 18.1 Å². The van der Waals surface area contributed by atoms with Gasteiger partial charge in [0.25, 0.3) is 0 Å². The Balaban J connectivity index is 2.41. The molecule has 0 aromatic heterocycles. The number of aliphatic hydroxyl groups excluding tert-OH is 1. The van der Waals surface area contributed by atoms with Gasteiger partial charge in [-0.3, -0.25) is 4.79 Å². The number of ketones is 1. The van der Waals surface area contributed by atoms with Crippen LogP contribution < -0.4 is 0 Å². The molecule has 1 heterocycles. The van der Waals surface area contributed by atoms with Crippen molar-refractivity contribution in [1.82, 2.24) is 0 Å². The molecule has 0 atom stereocenters. The molecule has 0 saturated carbocycles. The van der Waals surface area contributed by atoms with Gasteiger partial charge in [0.1, 0.15) is 5.76 Å². The number of hydrogen-bond donors (Lipinski definition) is 1. The monoisotopic (exact) mass is 164 g/mol. The second kappa shape index (κ2) is 2.52. The smallest absolute Gasteiger partial charge is 0.203 e. The van der Waals surface area contributed by atoms with Crippen molar-refractivity contribution in [1.29, 1.82) is 0 Å². The molecule has 0 aromatic carbocycles. The van der Waals surface area contributed by atoms with Crippen molar-refractivity contribution in [2.24, 2.45) is 0 Å². The molecule has 2 rings (SSSR count). The number of ether oxygens (including phenoxy) is 1.